The van der Waals surface area contributed by atoms with E-state index in [4.69, 9.17) is 0 Å². The second-order valence-electron chi connectivity index (χ2n) is 8.68. The largest absolute Gasteiger partial charge is 0.0683 e. The van der Waals surface area contributed by atoms with Crippen molar-refractivity contribution < 1.29 is 0 Å². The molecule has 0 spiro atoms. The molecule has 0 heteroatoms. The Bertz CT molecular complexity index is 1300. The van der Waals surface area contributed by atoms with Gasteiger partial charge in [-0.25, -0.2) is 0 Å². The van der Waals surface area contributed by atoms with Crippen molar-refractivity contribution in [1.29, 1.82) is 0 Å². The van der Waals surface area contributed by atoms with Crippen LogP contribution in [0.3, 0.4) is 0 Å². The maximum absolute atomic E-state index is 2.37. The van der Waals surface area contributed by atoms with Gasteiger partial charge in [0.15, 0.2) is 0 Å². The highest BCUT2D eigenvalue weighted by Crippen LogP contribution is 2.37. The molecule has 0 unspecified atom stereocenters. The Hall–Kier alpha value is -3.12. The molecule has 0 aromatic heterocycles. The summed E-state index contributed by atoms with van der Waals surface area (Å²) >= 11 is 0. The van der Waals surface area contributed by atoms with Gasteiger partial charge in [-0.2, -0.15) is 0 Å². The molecule has 0 aliphatic heterocycles. The molecule has 0 fully saturated rings. The summed E-state index contributed by atoms with van der Waals surface area (Å²) in [7, 11) is 0. The third-order valence-electron chi connectivity index (χ3n) is 5.81. The molecule has 0 atom stereocenters. The van der Waals surface area contributed by atoms with E-state index in [1.165, 1.54) is 49.0 Å². The van der Waals surface area contributed by atoms with Gasteiger partial charge in [0.25, 0.3) is 0 Å². The van der Waals surface area contributed by atoms with Crippen molar-refractivity contribution in [2.75, 3.05) is 0 Å². The lowest BCUT2D eigenvalue weighted by Crippen LogP contribution is -2.10. The lowest BCUT2D eigenvalue weighted by atomic mass is 9.85. The number of hydrogen-bond donors (Lipinski definition) is 0. The molecule has 0 saturated heterocycles. The van der Waals surface area contributed by atoms with Crippen molar-refractivity contribution in [2.45, 2.75) is 40.0 Å². The molecule has 0 aliphatic rings. The molecule has 5 aromatic rings. The van der Waals surface area contributed by atoms with E-state index in [9.17, 15) is 0 Å². The highest BCUT2D eigenvalue weighted by Gasteiger charge is 2.14. The van der Waals surface area contributed by atoms with Crippen LogP contribution in [0.1, 0.15) is 40.2 Å². The van der Waals surface area contributed by atoms with E-state index in [0.29, 0.717) is 0 Å². The van der Waals surface area contributed by atoms with Crippen LogP contribution in [-0.4, -0.2) is 0 Å². The van der Waals surface area contributed by atoms with Gasteiger partial charge in [-0.05, 0) is 60.5 Å². The van der Waals surface area contributed by atoms with Crippen LogP contribution in [0.5, 0.6) is 0 Å². The van der Waals surface area contributed by atoms with Gasteiger partial charge in [0.05, 0.1) is 0 Å². The zero-order valence-electron chi connectivity index (χ0n) is 18.7. The average Bonchev–Trinajstić information content (AvgIpc) is 2.80. The summed E-state index contributed by atoms with van der Waals surface area (Å²) in [5, 5.41) is 7.95. The van der Waals surface area contributed by atoms with Gasteiger partial charge in [-0.15, -0.1) is 0 Å². The topological polar surface area (TPSA) is 0 Å². The van der Waals surface area contributed by atoms with E-state index in [1.54, 1.807) is 0 Å². The second-order valence-corrected chi connectivity index (χ2v) is 8.68. The van der Waals surface area contributed by atoms with Crippen molar-refractivity contribution in [3.63, 3.8) is 0 Å². The fraction of sp³-hybridized carbons (Fsp3) is 0.200. The Morgan fingerprint density at radius 3 is 1.43 bits per heavy atom. The van der Waals surface area contributed by atoms with Crippen LogP contribution < -0.4 is 0 Å². The van der Waals surface area contributed by atoms with E-state index in [-0.39, 0.29) is 5.41 Å². The molecular weight excluding hydrogens is 360 g/mol. The molecule has 5 rings (SSSR count). The molecular formula is C30H30. The zero-order chi connectivity index (χ0) is 21.3. The van der Waals surface area contributed by atoms with Crippen molar-refractivity contribution in [1.82, 2.24) is 0 Å². The van der Waals surface area contributed by atoms with Crippen molar-refractivity contribution in [2.24, 2.45) is 0 Å². The van der Waals surface area contributed by atoms with Gasteiger partial charge in [0.2, 0.25) is 0 Å². The summed E-state index contributed by atoms with van der Waals surface area (Å²) in [6.07, 6.45) is 0. The third kappa shape index (κ3) is 3.48. The minimum atomic E-state index is 0.149. The zero-order valence-corrected chi connectivity index (χ0v) is 18.7. The molecule has 0 heterocycles. The van der Waals surface area contributed by atoms with Gasteiger partial charge in [0, 0.05) is 0 Å². The van der Waals surface area contributed by atoms with Crippen LogP contribution in [0.15, 0.2) is 91.0 Å². The van der Waals surface area contributed by atoms with Crippen molar-refractivity contribution >= 4 is 32.3 Å². The monoisotopic (exact) mass is 390 g/mol. The first kappa shape index (κ1) is 20.2. The molecule has 150 valence electrons. The molecule has 0 aliphatic carbocycles. The van der Waals surface area contributed by atoms with E-state index in [2.05, 4.69) is 112 Å². The Morgan fingerprint density at radius 2 is 0.900 bits per heavy atom. The normalized spacial score (nSPS) is 11.5. The maximum Gasteiger partial charge on any atom is -0.00928 e. The molecule has 0 saturated carbocycles. The molecule has 0 bridgehead atoms. The molecule has 0 N–H and O–H groups in total. The smallest absolute Gasteiger partial charge is 0.00928 e. The summed E-state index contributed by atoms with van der Waals surface area (Å²) < 4.78 is 0. The van der Waals surface area contributed by atoms with Gasteiger partial charge in [-0.3, -0.25) is 0 Å². The molecule has 5 aromatic carbocycles. The summed E-state index contributed by atoms with van der Waals surface area (Å²) in [5.74, 6) is 0. The number of fused-ring (bicyclic) bond motifs is 6. The van der Waals surface area contributed by atoms with Crippen LogP contribution in [0.2, 0.25) is 0 Å². The Kier molecular flexibility index (Phi) is 5.35. The molecule has 0 amide bonds. The quantitative estimate of drug-likeness (QED) is 0.250. The lowest BCUT2D eigenvalue weighted by Gasteiger charge is -2.20. The Balaban J connectivity index is 0.00000106. The molecule has 0 nitrogen and oxygen atoms in total. The van der Waals surface area contributed by atoms with Gasteiger partial charge in [-0.1, -0.05) is 120 Å². The minimum absolute atomic E-state index is 0.149. The number of benzene rings is 5. The van der Waals surface area contributed by atoms with E-state index >= 15 is 0 Å². The Labute approximate surface area is 180 Å². The highest BCUT2D eigenvalue weighted by molar-refractivity contribution is 6.25. The van der Waals surface area contributed by atoms with Crippen LogP contribution in [0.4, 0.5) is 0 Å². The maximum atomic E-state index is 2.37. The predicted molar refractivity (Wildman–Crippen MR) is 134 cm³/mol. The van der Waals surface area contributed by atoms with Gasteiger partial charge >= 0.3 is 0 Å². The van der Waals surface area contributed by atoms with Crippen molar-refractivity contribution in [3.8, 4) is 11.1 Å². The van der Waals surface area contributed by atoms with Crippen LogP contribution in [0.25, 0.3) is 43.4 Å². The van der Waals surface area contributed by atoms with Crippen molar-refractivity contribution in [3.05, 3.63) is 96.6 Å². The SMILES string of the molecule is CC.CC(C)(C)c1cccc(-c2ccc3c4ccccc4c4ccccc4c3c2)c1. The number of hydrogen-bond acceptors (Lipinski definition) is 0. The van der Waals surface area contributed by atoms with Crippen LogP contribution >= 0.6 is 0 Å². The third-order valence-corrected chi connectivity index (χ3v) is 5.81. The highest BCUT2D eigenvalue weighted by atomic mass is 14.2. The molecule has 0 radical (unpaired) electrons. The summed E-state index contributed by atoms with van der Waals surface area (Å²) in [6, 6.07) is 33.4. The van der Waals surface area contributed by atoms with Gasteiger partial charge in [0.1, 0.15) is 0 Å². The van der Waals surface area contributed by atoms with E-state index in [1.807, 2.05) is 13.8 Å². The van der Waals surface area contributed by atoms with Gasteiger partial charge < -0.3 is 0 Å². The van der Waals surface area contributed by atoms with Crippen LogP contribution in [-0.2, 0) is 5.41 Å². The second kappa shape index (κ2) is 7.95. The Morgan fingerprint density at radius 1 is 0.433 bits per heavy atom. The van der Waals surface area contributed by atoms with Crippen LogP contribution in [0, 0.1) is 0 Å². The standard InChI is InChI=1S/C28H24.C2H6/c1-28(2,3)21-10-8-9-19(17-21)20-15-16-26-24-13-5-4-11-22(24)23-12-6-7-14-25(23)27(26)18-20;1-2/h4-18H,1-3H3;1-2H3. The summed E-state index contributed by atoms with van der Waals surface area (Å²) in [6.45, 7) is 10.8. The first-order chi connectivity index (χ1) is 14.5. The molecule has 30 heavy (non-hydrogen) atoms. The average molecular weight is 391 g/mol. The van der Waals surface area contributed by atoms with E-state index in [0.717, 1.165) is 0 Å². The lowest BCUT2D eigenvalue weighted by molar-refractivity contribution is 0.590. The number of rotatable bonds is 1. The summed E-state index contributed by atoms with van der Waals surface area (Å²) in [5.41, 5.74) is 4.08. The van der Waals surface area contributed by atoms with E-state index < -0.39 is 0 Å². The first-order valence-electron chi connectivity index (χ1n) is 11.0. The minimum Gasteiger partial charge on any atom is -0.0683 e. The summed E-state index contributed by atoms with van der Waals surface area (Å²) in [4.78, 5) is 0. The first-order valence-corrected chi connectivity index (χ1v) is 11.0. The fourth-order valence-electron chi connectivity index (χ4n) is 4.25. The predicted octanol–water partition coefficient (Wildman–Crippen LogP) is 9.14. The fourth-order valence-corrected chi connectivity index (χ4v) is 4.25.